The molecule has 0 radical (unpaired) electrons. The molecule has 0 saturated carbocycles. The predicted molar refractivity (Wildman–Crippen MR) is 137 cm³/mol. The Morgan fingerprint density at radius 2 is 1.92 bits per heavy atom. The minimum Gasteiger partial charge on any atom is -0.456 e. The molecule has 0 unspecified atom stereocenters. The van der Waals surface area contributed by atoms with E-state index in [9.17, 15) is 9.59 Å². The van der Waals surface area contributed by atoms with Gasteiger partial charge < -0.3 is 9.15 Å². The van der Waals surface area contributed by atoms with Crippen molar-refractivity contribution in [2.75, 3.05) is 0 Å². The number of furan rings is 1. The smallest absolute Gasteiger partial charge is 0.331 e. The van der Waals surface area contributed by atoms with Crippen LogP contribution in [0, 0.1) is 0 Å². The number of fused-ring (bicyclic) bond motifs is 2. The number of para-hydroxylation sites is 2. The number of esters is 1. The Labute approximate surface area is 208 Å². The summed E-state index contributed by atoms with van der Waals surface area (Å²) in [6.07, 6.45) is 6.45. The summed E-state index contributed by atoms with van der Waals surface area (Å²) in [5.74, 6) is 0.0269. The Morgan fingerprint density at radius 3 is 2.78 bits per heavy atom. The van der Waals surface area contributed by atoms with Crippen molar-refractivity contribution >= 4 is 39.3 Å². The van der Waals surface area contributed by atoms with E-state index in [2.05, 4.69) is 4.98 Å². The number of hydrogen-bond acceptors (Lipinski definition) is 7. The van der Waals surface area contributed by atoms with Crippen LogP contribution in [-0.2, 0) is 16.1 Å². The molecule has 0 aliphatic heterocycles. The molecule has 0 aliphatic rings. The van der Waals surface area contributed by atoms with Crippen LogP contribution in [0.2, 0.25) is 0 Å². The lowest BCUT2D eigenvalue weighted by Gasteiger charge is -2.01. The largest absolute Gasteiger partial charge is 0.456 e. The summed E-state index contributed by atoms with van der Waals surface area (Å²) < 4.78 is 14.5. The van der Waals surface area contributed by atoms with Gasteiger partial charge in [-0.05, 0) is 30.3 Å². The number of aromatic nitrogens is 4. The van der Waals surface area contributed by atoms with Gasteiger partial charge in [0.2, 0.25) is 0 Å². The van der Waals surface area contributed by atoms with Crippen LogP contribution in [0.3, 0.4) is 0 Å². The van der Waals surface area contributed by atoms with Gasteiger partial charge in [0, 0.05) is 40.9 Å². The number of carbonyl (C=O) groups is 1. The molecule has 36 heavy (non-hydrogen) atoms. The van der Waals surface area contributed by atoms with Gasteiger partial charge in [-0.25, -0.2) is 14.5 Å². The van der Waals surface area contributed by atoms with E-state index in [4.69, 9.17) is 14.3 Å². The standard InChI is InChI=1S/C27H18N4O4S/c32-24-15-20(28-27-30(24)12-13-36-27)17-34-25(33)11-10-19-16-31(21-7-2-1-3-8-21)29-26(19)23-14-18-6-4-5-9-22(18)35-23/h1-16H,17H2/b11-10-. The Morgan fingerprint density at radius 1 is 1.08 bits per heavy atom. The fourth-order valence-corrected chi connectivity index (χ4v) is 4.56. The summed E-state index contributed by atoms with van der Waals surface area (Å²) in [6, 6.07) is 20.7. The minimum atomic E-state index is -0.564. The number of nitrogens with zero attached hydrogens (tertiary/aromatic N) is 4. The molecule has 9 heteroatoms. The molecular formula is C27H18N4O4S. The molecule has 0 saturated heterocycles. The number of ether oxygens (including phenoxy) is 1. The first-order chi connectivity index (χ1) is 17.6. The molecule has 2 aromatic carbocycles. The van der Waals surface area contributed by atoms with Crippen LogP contribution in [-0.4, -0.2) is 25.1 Å². The lowest BCUT2D eigenvalue weighted by Crippen LogP contribution is -2.14. The highest BCUT2D eigenvalue weighted by molar-refractivity contribution is 7.15. The lowest BCUT2D eigenvalue weighted by atomic mass is 10.2. The molecule has 0 amide bonds. The van der Waals surface area contributed by atoms with Crippen LogP contribution in [0.15, 0.2) is 99.8 Å². The van der Waals surface area contributed by atoms with Gasteiger partial charge in [-0.15, -0.1) is 11.3 Å². The average molecular weight is 495 g/mol. The van der Waals surface area contributed by atoms with Crippen LogP contribution in [0.25, 0.3) is 39.1 Å². The molecular weight excluding hydrogens is 476 g/mol. The number of hydrogen-bond donors (Lipinski definition) is 0. The quantitative estimate of drug-likeness (QED) is 0.236. The first kappa shape index (κ1) is 21.8. The van der Waals surface area contributed by atoms with E-state index in [0.29, 0.717) is 27.7 Å². The van der Waals surface area contributed by atoms with Crippen LogP contribution in [0.4, 0.5) is 0 Å². The van der Waals surface area contributed by atoms with Crippen molar-refractivity contribution in [3.8, 4) is 17.1 Å². The summed E-state index contributed by atoms with van der Waals surface area (Å²) in [5, 5.41) is 7.46. The van der Waals surface area contributed by atoms with E-state index in [0.717, 1.165) is 16.7 Å². The van der Waals surface area contributed by atoms with Crippen molar-refractivity contribution in [1.82, 2.24) is 19.2 Å². The highest BCUT2D eigenvalue weighted by atomic mass is 32.1. The second kappa shape index (κ2) is 9.12. The fraction of sp³-hybridized carbons (Fsp3) is 0.0370. The van der Waals surface area contributed by atoms with Gasteiger partial charge in [0.05, 0.1) is 11.4 Å². The molecule has 0 spiro atoms. The number of benzene rings is 2. The summed E-state index contributed by atoms with van der Waals surface area (Å²) in [4.78, 5) is 29.5. The maximum atomic E-state index is 12.5. The van der Waals surface area contributed by atoms with Gasteiger partial charge in [0.1, 0.15) is 17.9 Å². The second-order valence-electron chi connectivity index (χ2n) is 7.94. The van der Waals surface area contributed by atoms with Crippen molar-refractivity contribution in [2.24, 2.45) is 0 Å². The molecule has 0 fully saturated rings. The summed E-state index contributed by atoms with van der Waals surface area (Å²) in [7, 11) is 0. The van der Waals surface area contributed by atoms with Crippen molar-refractivity contribution in [2.45, 2.75) is 6.61 Å². The Kier molecular flexibility index (Phi) is 5.51. The molecule has 0 bridgehead atoms. The minimum absolute atomic E-state index is 0.105. The van der Waals surface area contributed by atoms with E-state index in [1.165, 1.54) is 27.9 Å². The highest BCUT2D eigenvalue weighted by Crippen LogP contribution is 2.30. The molecule has 0 N–H and O–H groups in total. The number of rotatable bonds is 6. The molecule has 6 aromatic rings. The molecule has 0 atom stereocenters. The zero-order valence-electron chi connectivity index (χ0n) is 18.8. The third-order valence-electron chi connectivity index (χ3n) is 5.54. The molecule has 4 heterocycles. The maximum Gasteiger partial charge on any atom is 0.331 e. The van der Waals surface area contributed by atoms with E-state index >= 15 is 0 Å². The van der Waals surface area contributed by atoms with Gasteiger partial charge in [-0.2, -0.15) is 5.10 Å². The summed E-state index contributed by atoms with van der Waals surface area (Å²) in [5.41, 5.74) is 3.08. The average Bonchev–Trinajstić information content (AvgIpc) is 3.64. The zero-order chi connectivity index (χ0) is 24.5. The number of carbonyl (C=O) groups excluding carboxylic acids is 1. The van der Waals surface area contributed by atoms with Gasteiger partial charge in [0.15, 0.2) is 10.7 Å². The Bertz CT molecular complexity index is 1760. The van der Waals surface area contributed by atoms with Crippen molar-refractivity contribution in [1.29, 1.82) is 0 Å². The van der Waals surface area contributed by atoms with E-state index in [1.54, 1.807) is 22.3 Å². The van der Waals surface area contributed by atoms with Gasteiger partial charge in [-0.3, -0.25) is 9.20 Å². The van der Waals surface area contributed by atoms with Crippen LogP contribution < -0.4 is 5.56 Å². The van der Waals surface area contributed by atoms with Crippen LogP contribution in [0.1, 0.15) is 11.3 Å². The molecule has 8 nitrogen and oxygen atoms in total. The first-order valence-electron chi connectivity index (χ1n) is 11.1. The maximum absolute atomic E-state index is 12.5. The summed E-state index contributed by atoms with van der Waals surface area (Å²) in [6.45, 7) is -0.105. The van der Waals surface area contributed by atoms with Gasteiger partial charge in [0.25, 0.3) is 5.56 Å². The molecule has 0 aliphatic carbocycles. The first-order valence-corrected chi connectivity index (χ1v) is 12.0. The van der Waals surface area contributed by atoms with E-state index in [-0.39, 0.29) is 12.2 Å². The third-order valence-corrected chi connectivity index (χ3v) is 6.30. The van der Waals surface area contributed by atoms with Crippen molar-refractivity contribution < 1.29 is 13.9 Å². The second-order valence-corrected chi connectivity index (χ2v) is 8.82. The van der Waals surface area contributed by atoms with Crippen LogP contribution in [0.5, 0.6) is 0 Å². The lowest BCUT2D eigenvalue weighted by molar-refractivity contribution is -0.139. The van der Waals surface area contributed by atoms with E-state index in [1.807, 2.05) is 66.9 Å². The highest BCUT2D eigenvalue weighted by Gasteiger charge is 2.15. The normalized spacial score (nSPS) is 11.6. The monoisotopic (exact) mass is 494 g/mol. The molecule has 176 valence electrons. The zero-order valence-corrected chi connectivity index (χ0v) is 19.6. The SMILES string of the molecule is O=C(/C=C\c1cn(-c2ccccc2)nc1-c1cc2ccccc2o1)OCc1cc(=O)n2ccsc2n1. The number of thiazole rings is 1. The fourth-order valence-electron chi connectivity index (χ4n) is 3.83. The Hall–Kier alpha value is -4.76. The molecule has 6 rings (SSSR count). The third kappa shape index (κ3) is 4.23. The summed E-state index contributed by atoms with van der Waals surface area (Å²) >= 11 is 1.34. The topological polar surface area (TPSA) is 91.6 Å². The van der Waals surface area contributed by atoms with Crippen molar-refractivity contribution in [3.63, 3.8) is 0 Å². The Balaban J connectivity index is 1.27. The molecule has 4 aromatic heterocycles. The van der Waals surface area contributed by atoms with Crippen molar-refractivity contribution in [3.05, 3.63) is 112 Å². The predicted octanol–water partition coefficient (Wildman–Crippen LogP) is 5.11. The van der Waals surface area contributed by atoms with Crippen LogP contribution >= 0.6 is 11.3 Å². The van der Waals surface area contributed by atoms with Gasteiger partial charge in [-0.1, -0.05) is 36.4 Å². The van der Waals surface area contributed by atoms with Gasteiger partial charge >= 0.3 is 5.97 Å². The van der Waals surface area contributed by atoms with E-state index < -0.39 is 5.97 Å².